The van der Waals surface area contributed by atoms with E-state index in [0.717, 1.165) is 31.2 Å². The van der Waals surface area contributed by atoms with E-state index in [0.29, 0.717) is 12.2 Å². The van der Waals surface area contributed by atoms with Crippen LogP contribution >= 0.6 is 0 Å². The molecule has 19 heavy (non-hydrogen) atoms. The summed E-state index contributed by atoms with van der Waals surface area (Å²) >= 11 is 0. The minimum atomic E-state index is -0.0752. The zero-order valence-corrected chi connectivity index (χ0v) is 12.1. The van der Waals surface area contributed by atoms with Gasteiger partial charge in [0.25, 0.3) is 5.91 Å². The molecule has 0 saturated carbocycles. The molecule has 0 radical (unpaired) electrons. The Morgan fingerprint density at radius 3 is 3.00 bits per heavy atom. The van der Waals surface area contributed by atoms with E-state index in [9.17, 15) is 4.79 Å². The van der Waals surface area contributed by atoms with E-state index in [1.54, 1.807) is 4.68 Å². The Hall–Kier alpha value is -1.36. The number of piperidine rings is 1. The van der Waals surface area contributed by atoms with Crippen molar-refractivity contribution in [1.29, 1.82) is 0 Å². The lowest BCUT2D eigenvalue weighted by molar-refractivity contribution is 0.0938. The van der Waals surface area contributed by atoms with Gasteiger partial charge in [-0.05, 0) is 38.3 Å². The molecule has 1 aliphatic heterocycles. The molecule has 1 amide bonds. The molecule has 1 atom stereocenters. The van der Waals surface area contributed by atoms with Crippen LogP contribution in [0.5, 0.6) is 0 Å². The number of aryl methyl sites for hydroxylation is 2. The normalized spacial score (nSPS) is 20.5. The first-order valence-electron chi connectivity index (χ1n) is 7.07. The van der Waals surface area contributed by atoms with Gasteiger partial charge in [-0.1, -0.05) is 6.92 Å². The first-order chi connectivity index (χ1) is 9.06. The second-order valence-corrected chi connectivity index (χ2v) is 5.60. The highest BCUT2D eigenvalue weighted by molar-refractivity contribution is 5.92. The quantitative estimate of drug-likeness (QED) is 0.888. The maximum Gasteiger partial charge on any atom is 0.271 e. The smallest absolute Gasteiger partial charge is 0.271 e. The summed E-state index contributed by atoms with van der Waals surface area (Å²) in [4.78, 5) is 14.3. The van der Waals surface area contributed by atoms with Gasteiger partial charge in [0.15, 0.2) is 0 Å². The maximum absolute atomic E-state index is 11.9. The van der Waals surface area contributed by atoms with Crippen LogP contribution in [0.3, 0.4) is 0 Å². The SMILES string of the molecule is Cc1cc(C(=O)NCCN2CCC[C@@H](C)C2)nn1C. The minimum Gasteiger partial charge on any atom is -0.349 e. The molecule has 1 aromatic rings. The fourth-order valence-corrected chi connectivity index (χ4v) is 2.58. The van der Waals surface area contributed by atoms with Crippen LogP contribution < -0.4 is 5.32 Å². The van der Waals surface area contributed by atoms with E-state index in [1.165, 1.54) is 12.8 Å². The molecule has 2 heterocycles. The molecule has 2 rings (SSSR count). The summed E-state index contributed by atoms with van der Waals surface area (Å²) in [6, 6.07) is 1.82. The predicted molar refractivity (Wildman–Crippen MR) is 75.1 cm³/mol. The molecule has 0 unspecified atom stereocenters. The summed E-state index contributed by atoms with van der Waals surface area (Å²) in [5, 5.41) is 7.12. The monoisotopic (exact) mass is 264 g/mol. The number of carbonyl (C=O) groups is 1. The third-order valence-electron chi connectivity index (χ3n) is 3.80. The second-order valence-electron chi connectivity index (χ2n) is 5.60. The fraction of sp³-hybridized carbons (Fsp3) is 0.714. The van der Waals surface area contributed by atoms with E-state index < -0.39 is 0 Å². The number of nitrogens with zero attached hydrogens (tertiary/aromatic N) is 3. The first-order valence-corrected chi connectivity index (χ1v) is 7.07. The molecule has 5 nitrogen and oxygen atoms in total. The molecule has 1 saturated heterocycles. The molecular formula is C14H24N4O. The van der Waals surface area contributed by atoms with Gasteiger partial charge < -0.3 is 10.2 Å². The third kappa shape index (κ3) is 3.80. The van der Waals surface area contributed by atoms with E-state index in [-0.39, 0.29) is 5.91 Å². The molecule has 1 aliphatic rings. The van der Waals surface area contributed by atoms with Crippen LogP contribution in [0.4, 0.5) is 0 Å². The van der Waals surface area contributed by atoms with Gasteiger partial charge in [-0.3, -0.25) is 9.48 Å². The zero-order chi connectivity index (χ0) is 13.8. The summed E-state index contributed by atoms with van der Waals surface area (Å²) in [7, 11) is 1.85. The Balaban J connectivity index is 1.74. The highest BCUT2D eigenvalue weighted by atomic mass is 16.1. The second kappa shape index (κ2) is 6.19. The van der Waals surface area contributed by atoms with Crippen molar-refractivity contribution in [1.82, 2.24) is 20.0 Å². The Labute approximate surface area is 115 Å². The fourth-order valence-electron chi connectivity index (χ4n) is 2.58. The molecular weight excluding hydrogens is 240 g/mol. The first kappa shape index (κ1) is 14.1. The summed E-state index contributed by atoms with van der Waals surface area (Å²) in [6.45, 7) is 8.17. The lowest BCUT2D eigenvalue weighted by atomic mass is 10.0. The van der Waals surface area contributed by atoms with Crippen LogP contribution in [-0.4, -0.2) is 46.8 Å². The standard InChI is InChI=1S/C14H24N4O/c1-11-5-4-7-18(10-11)8-6-15-14(19)13-9-12(2)17(3)16-13/h9,11H,4-8,10H2,1-3H3,(H,15,19)/t11-/m1/s1. The Kier molecular flexibility index (Phi) is 4.58. The maximum atomic E-state index is 11.9. The van der Waals surface area contributed by atoms with Gasteiger partial charge in [-0.25, -0.2) is 0 Å². The van der Waals surface area contributed by atoms with Gasteiger partial charge in [0, 0.05) is 32.4 Å². The lowest BCUT2D eigenvalue weighted by Crippen LogP contribution is -2.40. The molecule has 0 aromatic carbocycles. The number of carbonyl (C=O) groups excluding carboxylic acids is 1. The summed E-state index contributed by atoms with van der Waals surface area (Å²) in [6.07, 6.45) is 2.60. The average Bonchev–Trinajstić information content (AvgIpc) is 2.70. The van der Waals surface area contributed by atoms with Crippen molar-refractivity contribution in [3.05, 3.63) is 17.5 Å². The van der Waals surface area contributed by atoms with Gasteiger partial charge in [0.1, 0.15) is 5.69 Å². The van der Waals surface area contributed by atoms with Crippen LogP contribution in [0, 0.1) is 12.8 Å². The summed E-state index contributed by atoms with van der Waals surface area (Å²) in [5.74, 6) is 0.705. The third-order valence-corrected chi connectivity index (χ3v) is 3.80. The number of aromatic nitrogens is 2. The van der Waals surface area contributed by atoms with Crippen LogP contribution in [0.2, 0.25) is 0 Å². The predicted octanol–water partition coefficient (Wildman–Crippen LogP) is 1.19. The van der Waals surface area contributed by atoms with Crippen molar-refractivity contribution in [2.75, 3.05) is 26.2 Å². The van der Waals surface area contributed by atoms with Crippen molar-refractivity contribution < 1.29 is 4.79 Å². The van der Waals surface area contributed by atoms with E-state index in [1.807, 2.05) is 20.0 Å². The summed E-state index contributed by atoms with van der Waals surface area (Å²) in [5.41, 5.74) is 1.50. The van der Waals surface area contributed by atoms with Crippen molar-refractivity contribution >= 4 is 5.91 Å². The molecule has 1 N–H and O–H groups in total. The van der Waals surface area contributed by atoms with E-state index in [4.69, 9.17) is 0 Å². The van der Waals surface area contributed by atoms with Gasteiger partial charge >= 0.3 is 0 Å². The van der Waals surface area contributed by atoms with Gasteiger partial charge in [0.2, 0.25) is 0 Å². The van der Waals surface area contributed by atoms with Gasteiger partial charge in [-0.15, -0.1) is 0 Å². The van der Waals surface area contributed by atoms with E-state index in [2.05, 4.69) is 22.2 Å². The molecule has 0 aliphatic carbocycles. The highest BCUT2D eigenvalue weighted by Crippen LogP contribution is 2.14. The number of likely N-dealkylation sites (tertiary alicyclic amines) is 1. The van der Waals surface area contributed by atoms with Gasteiger partial charge in [-0.2, -0.15) is 5.10 Å². The minimum absolute atomic E-state index is 0.0752. The van der Waals surface area contributed by atoms with Crippen molar-refractivity contribution in [2.24, 2.45) is 13.0 Å². The molecule has 0 spiro atoms. The Bertz CT molecular complexity index is 421. The topological polar surface area (TPSA) is 50.2 Å². The largest absolute Gasteiger partial charge is 0.349 e. The number of hydrogen-bond acceptors (Lipinski definition) is 3. The van der Waals surface area contributed by atoms with Crippen molar-refractivity contribution in [3.63, 3.8) is 0 Å². The molecule has 5 heteroatoms. The highest BCUT2D eigenvalue weighted by Gasteiger charge is 2.16. The zero-order valence-electron chi connectivity index (χ0n) is 12.1. The van der Waals surface area contributed by atoms with Crippen LogP contribution in [0.25, 0.3) is 0 Å². The molecule has 106 valence electrons. The van der Waals surface area contributed by atoms with Crippen LogP contribution in [0.1, 0.15) is 35.9 Å². The average molecular weight is 264 g/mol. The van der Waals surface area contributed by atoms with Crippen molar-refractivity contribution in [2.45, 2.75) is 26.7 Å². The van der Waals surface area contributed by atoms with E-state index >= 15 is 0 Å². The molecule has 1 aromatic heterocycles. The number of nitrogens with one attached hydrogen (secondary N) is 1. The Morgan fingerprint density at radius 2 is 2.37 bits per heavy atom. The van der Waals surface area contributed by atoms with Crippen LogP contribution in [0.15, 0.2) is 6.07 Å². The van der Waals surface area contributed by atoms with Crippen molar-refractivity contribution in [3.8, 4) is 0 Å². The van der Waals surface area contributed by atoms with Gasteiger partial charge in [0.05, 0.1) is 0 Å². The van der Waals surface area contributed by atoms with Crippen LogP contribution in [-0.2, 0) is 7.05 Å². The Morgan fingerprint density at radius 1 is 1.58 bits per heavy atom. The molecule has 1 fully saturated rings. The number of amides is 1. The number of hydrogen-bond donors (Lipinski definition) is 1. The number of rotatable bonds is 4. The summed E-state index contributed by atoms with van der Waals surface area (Å²) < 4.78 is 1.72. The lowest BCUT2D eigenvalue weighted by Gasteiger charge is -2.30. The molecule has 0 bridgehead atoms.